The summed E-state index contributed by atoms with van der Waals surface area (Å²) in [6.07, 6.45) is 4.87. The molecule has 1 heterocycles. The normalized spacial score (nSPS) is 10.1. The van der Waals surface area contributed by atoms with Crippen molar-refractivity contribution in [2.75, 3.05) is 13.6 Å². The molecule has 0 radical (unpaired) electrons. The Morgan fingerprint density at radius 3 is 2.87 bits per heavy atom. The zero-order valence-corrected chi connectivity index (χ0v) is 9.66. The van der Waals surface area contributed by atoms with Crippen molar-refractivity contribution < 1.29 is 4.79 Å². The summed E-state index contributed by atoms with van der Waals surface area (Å²) in [6, 6.07) is 0. The molecule has 0 fully saturated rings. The third-order valence-corrected chi connectivity index (χ3v) is 2.20. The molecule has 1 aromatic rings. The van der Waals surface area contributed by atoms with Crippen molar-refractivity contribution in [3.63, 3.8) is 0 Å². The number of hydrogen-bond donors (Lipinski definition) is 0. The number of unbranched alkanes of at least 4 members (excludes halogenated alkanes) is 1. The third kappa shape index (κ3) is 3.47. The standard InChI is InChI=1S/C10H14ClN3O/c1-3-4-5-14(2)10(15)8-6-12-7-9(11)13-8/h6-7H,3-5H2,1-2H3. The number of carbonyl (C=O) groups is 1. The summed E-state index contributed by atoms with van der Waals surface area (Å²) >= 11 is 5.65. The molecule has 0 spiro atoms. The maximum Gasteiger partial charge on any atom is 0.273 e. The first-order valence-electron chi connectivity index (χ1n) is 4.88. The van der Waals surface area contributed by atoms with Gasteiger partial charge in [-0.25, -0.2) is 4.98 Å². The number of amides is 1. The van der Waals surface area contributed by atoms with Gasteiger partial charge < -0.3 is 4.90 Å². The van der Waals surface area contributed by atoms with Crippen LogP contribution in [0.15, 0.2) is 12.4 Å². The summed E-state index contributed by atoms with van der Waals surface area (Å²) in [5.74, 6) is -0.140. The first kappa shape index (κ1) is 11.9. The molecule has 5 heteroatoms. The van der Waals surface area contributed by atoms with Crippen LogP contribution in [0.5, 0.6) is 0 Å². The molecule has 0 bridgehead atoms. The van der Waals surface area contributed by atoms with E-state index >= 15 is 0 Å². The first-order chi connectivity index (χ1) is 7.15. The maximum atomic E-state index is 11.8. The van der Waals surface area contributed by atoms with Crippen LogP contribution in [-0.2, 0) is 0 Å². The van der Waals surface area contributed by atoms with E-state index in [1.165, 1.54) is 12.4 Å². The van der Waals surface area contributed by atoms with Crippen LogP contribution < -0.4 is 0 Å². The van der Waals surface area contributed by atoms with Gasteiger partial charge in [-0.15, -0.1) is 0 Å². The summed E-state index contributed by atoms with van der Waals surface area (Å²) < 4.78 is 0. The van der Waals surface area contributed by atoms with Crippen molar-refractivity contribution in [1.29, 1.82) is 0 Å². The Morgan fingerprint density at radius 1 is 1.53 bits per heavy atom. The van der Waals surface area contributed by atoms with Crippen molar-refractivity contribution in [2.45, 2.75) is 19.8 Å². The van der Waals surface area contributed by atoms with Crippen molar-refractivity contribution >= 4 is 17.5 Å². The largest absolute Gasteiger partial charge is 0.340 e. The summed E-state index contributed by atoms with van der Waals surface area (Å²) in [7, 11) is 1.75. The minimum absolute atomic E-state index is 0.140. The van der Waals surface area contributed by atoms with Crippen LogP contribution in [0, 0.1) is 0 Å². The van der Waals surface area contributed by atoms with Gasteiger partial charge >= 0.3 is 0 Å². The average Bonchev–Trinajstić information content (AvgIpc) is 2.24. The number of hydrogen-bond acceptors (Lipinski definition) is 3. The summed E-state index contributed by atoms with van der Waals surface area (Å²) in [4.78, 5) is 21.1. The fourth-order valence-corrected chi connectivity index (χ4v) is 1.28. The zero-order chi connectivity index (χ0) is 11.3. The van der Waals surface area contributed by atoms with Crippen LogP contribution in [0.1, 0.15) is 30.3 Å². The van der Waals surface area contributed by atoms with Crippen LogP contribution in [0.3, 0.4) is 0 Å². The molecule has 1 rings (SSSR count). The van der Waals surface area contributed by atoms with Gasteiger partial charge in [0.25, 0.3) is 5.91 Å². The number of nitrogens with zero attached hydrogens (tertiary/aromatic N) is 3. The molecule has 15 heavy (non-hydrogen) atoms. The second-order valence-corrected chi connectivity index (χ2v) is 3.69. The molecule has 0 aliphatic rings. The molecule has 1 amide bonds. The Bertz CT molecular complexity index is 343. The minimum atomic E-state index is -0.140. The highest BCUT2D eigenvalue weighted by Crippen LogP contribution is 2.05. The lowest BCUT2D eigenvalue weighted by atomic mass is 10.3. The topological polar surface area (TPSA) is 46.1 Å². The smallest absolute Gasteiger partial charge is 0.273 e. The Balaban J connectivity index is 2.67. The van der Waals surface area contributed by atoms with Crippen LogP contribution in [-0.4, -0.2) is 34.4 Å². The summed E-state index contributed by atoms with van der Waals surface area (Å²) in [6.45, 7) is 2.81. The number of halogens is 1. The van der Waals surface area contributed by atoms with E-state index in [0.717, 1.165) is 19.4 Å². The van der Waals surface area contributed by atoms with E-state index in [9.17, 15) is 4.79 Å². The summed E-state index contributed by atoms with van der Waals surface area (Å²) in [5, 5.41) is 0.241. The van der Waals surface area contributed by atoms with Gasteiger partial charge in [-0.1, -0.05) is 24.9 Å². The molecule has 0 aliphatic carbocycles. The minimum Gasteiger partial charge on any atom is -0.340 e. The zero-order valence-electron chi connectivity index (χ0n) is 8.90. The van der Waals surface area contributed by atoms with E-state index in [1.807, 2.05) is 0 Å². The molecule has 82 valence electrons. The Hall–Kier alpha value is -1.16. The van der Waals surface area contributed by atoms with Crippen molar-refractivity contribution in [2.24, 2.45) is 0 Å². The van der Waals surface area contributed by atoms with E-state index < -0.39 is 0 Å². The van der Waals surface area contributed by atoms with Gasteiger partial charge in [0.05, 0.1) is 12.4 Å². The van der Waals surface area contributed by atoms with E-state index in [0.29, 0.717) is 5.69 Å². The quantitative estimate of drug-likeness (QED) is 0.791. The van der Waals surface area contributed by atoms with Gasteiger partial charge in [0.15, 0.2) is 0 Å². The molecule has 0 saturated heterocycles. The van der Waals surface area contributed by atoms with Crippen LogP contribution in [0.2, 0.25) is 5.15 Å². The molecular formula is C10H14ClN3O. The van der Waals surface area contributed by atoms with Crippen LogP contribution >= 0.6 is 11.6 Å². The molecule has 0 aromatic carbocycles. The number of aromatic nitrogens is 2. The highest BCUT2D eigenvalue weighted by atomic mass is 35.5. The lowest BCUT2D eigenvalue weighted by Gasteiger charge is -2.15. The molecular weight excluding hydrogens is 214 g/mol. The molecule has 0 atom stereocenters. The van der Waals surface area contributed by atoms with Gasteiger partial charge in [0.1, 0.15) is 10.8 Å². The Labute approximate surface area is 94.3 Å². The highest BCUT2D eigenvalue weighted by molar-refractivity contribution is 6.29. The summed E-state index contributed by atoms with van der Waals surface area (Å²) in [5.41, 5.74) is 0.293. The van der Waals surface area contributed by atoms with Gasteiger partial charge in [0.2, 0.25) is 0 Å². The second-order valence-electron chi connectivity index (χ2n) is 3.31. The van der Waals surface area contributed by atoms with Crippen LogP contribution in [0.4, 0.5) is 0 Å². The number of carbonyl (C=O) groups excluding carboxylic acids is 1. The molecule has 0 unspecified atom stereocenters. The predicted octanol–water partition coefficient (Wildman–Crippen LogP) is 2.00. The average molecular weight is 228 g/mol. The molecule has 1 aromatic heterocycles. The third-order valence-electron chi connectivity index (χ3n) is 2.02. The van der Waals surface area contributed by atoms with Crippen molar-refractivity contribution in [3.8, 4) is 0 Å². The molecule has 4 nitrogen and oxygen atoms in total. The van der Waals surface area contributed by atoms with Crippen LogP contribution in [0.25, 0.3) is 0 Å². The lowest BCUT2D eigenvalue weighted by Crippen LogP contribution is -2.28. The number of rotatable bonds is 4. The second kappa shape index (κ2) is 5.66. The monoisotopic (exact) mass is 227 g/mol. The van der Waals surface area contributed by atoms with E-state index in [-0.39, 0.29) is 11.1 Å². The van der Waals surface area contributed by atoms with E-state index in [1.54, 1.807) is 11.9 Å². The molecule has 0 saturated carbocycles. The highest BCUT2D eigenvalue weighted by Gasteiger charge is 2.12. The van der Waals surface area contributed by atoms with Gasteiger partial charge in [-0.3, -0.25) is 9.78 Å². The van der Waals surface area contributed by atoms with Crippen molar-refractivity contribution in [3.05, 3.63) is 23.2 Å². The van der Waals surface area contributed by atoms with E-state index in [2.05, 4.69) is 16.9 Å². The first-order valence-corrected chi connectivity index (χ1v) is 5.26. The fourth-order valence-electron chi connectivity index (χ4n) is 1.14. The Morgan fingerprint density at radius 2 is 2.27 bits per heavy atom. The SMILES string of the molecule is CCCCN(C)C(=O)c1cncc(Cl)n1. The fraction of sp³-hybridized carbons (Fsp3) is 0.500. The van der Waals surface area contributed by atoms with Gasteiger partial charge in [-0.2, -0.15) is 0 Å². The molecule has 0 aliphatic heterocycles. The van der Waals surface area contributed by atoms with Crippen molar-refractivity contribution in [1.82, 2.24) is 14.9 Å². The lowest BCUT2D eigenvalue weighted by molar-refractivity contribution is 0.0787. The predicted molar refractivity (Wildman–Crippen MR) is 58.9 cm³/mol. The van der Waals surface area contributed by atoms with Gasteiger partial charge in [-0.05, 0) is 6.42 Å². The Kier molecular flexibility index (Phi) is 4.49. The van der Waals surface area contributed by atoms with E-state index in [4.69, 9.17) is 11.6 Å². The maximum absolute atomic E-state index is 11.8. The van der Waals surface area contributed by atoms with Gasteiger partial charge in [0, 0.05) is 13.6 Å². The molecule has 0 N–H and O–H groups in total.